The lowest BCUT2D eigenvalue weighted by Crippen LogP contribution is -2.40. The molecule has 0 bridgehead atoms. The first kappa shape index (κ1) is 18.8. The summed E-state index contributed by atoms with van der Waals surface area (Å²) in [6, 6.07) is 4.05. The Morgan fingerprint density at radius 3 is 2.79 bits per heavy atom. The molecular formula is C17H24ClN3O2S. The standard InChI is InChI=1S/C17H24ClN3O2S/c1-3-23-15-10-12(9-14(18)16(15)22-2)11-19-21-17(24)20-13-7-5-4-6-8-13/h9-11,13H,3-8H2,1-2H3,(H2,20,21,24)/b19-11-. The molecule has 24 heavy (non-hydrogen) atoms. The maximum atomic E-state index is 6.22. The molecule has 1 aromatic rings. The smallest absolute Gasteiger partial charge is 0.187 e. The van der Waals surface area contributed by atoms with E-state index in [-0.39, 0.29) is 0 Å². The lowest BCUT2D eigenvalue weighted by atomic mass is 9.96. The van der Waals surface area contributed by atoms with E-state index in [0.29, 0.717) is 34.3 Å². The third kappa shape index (κ3) is 5.53. The summed E-state index contributed by atoms with van der Waals surface area (Å²) in [5.74, 6) is 1.12. The number of nitrogens with zero attached hydrogens (tertiary/aromatic N) is 1. The van der Waals surface area contributed by atoms with Crippen molar-refractivity contribution in [3.8, 4) is 11.5 Å². The molecule has 0 atom stereocenters. The van der Waals surface area contributed by atoms with Crippen LogP contribution in [-0.2, 0) is 0 Å². The average molecular weight is 370 g/mol. The van der Waals surface area contributed by atoms with Crippen molar-refractivity contribution in [3.05, 3.63) is 22.7 Å². The van der Waals surface area contributed by atoms with Gasteiger partial charge in [-0.05, 0) is 49.7 Å². The quantitative estimate of drug-likeness (QED) is 0.453. The predicted octanol–water partition coefficient (Wildman–Crippen LogP) is 3.88. The van der Waals surface area contributed by atoms with Crippen molar-refractivity contribution in [1.82, 2.24) is 10.7 Å². The number of rotatable bonds is 6. The minimum Gasteiger partial charge on any atom is -0.491 e. The minimum atomic E-state index is 0.453. The number of ether oxygens (including phenoxy) is 2. The van der Waals surface area contributed by atoms with E-state index < -0.39 is 0 Å². The van der Waals surface area contributed by atoms with Gasteiger partial charge in [-0.2, -0.15) is 5.10 Å². The van der Waals surface area contributed by atoms with Gasteiger partial charge in [0.15, 0.2) is 16.6 Å². The molecule has 0 aromatic heterocycles. The Bertz CT molecular complexity index is 589. The van der Waals surface area contributed by atoms with Crippen LogP contribution in [0.2, 0.25) is 5.02 Å². The van der Waals surface area contributed by atoms with Gasteiger partial charge in [0.1, 0.15) is 0 Å². The molecule has 1 aromatic carbocycles. The summed E-state index contributed by atoms with van der Waals surface area (Å²) in [5.41, 5.74) is 3.66. The van der Waals surface area contributed by atoms with Gasteiger partial charge in [-0.15, -0.1) is 0 Å². The first-order valence-corrected chi connectivity index (χ1v) is 9.02. The van der Waals surface area contributed by atoms with Crippen LogP contribution in [0, 0.1) is 0 Å². The van der Waals surface area contributed by atoms with E-state index in [1.165, 1.54) is 19.3 Å². The zero-order chi connectivity index (χ0) is 17.4. The van der Waals surface area contributed by atoms with E-state index in [9.17, 15) is 0 Å². The second-order valence-electron chi connectivity index (χ2n) is 5.65. The van der Waals surface area contributed by atoms with Crippen molar-refractivity contribution in [2.24, 2.45) is 5.10 Å². The molecule has 0 heterocycles. The molecule has 1 aliphatic carbocycles. The van der Waals surface area contributed by atoms with E-state index in [1.807, 2.05) is 13.0 Å². The number of thiocarbonyl (C=S) groups is 1. The molecule has 0 radical (unpaired) electrons. The minimum absolute atomic E-state index is 0.453. The van der Waals surface area contributed by atoms with Crippen molar-refractivity contribution < 1.29 is 9.47 Å². The summed E-state index contributed by atoms with van der Waals surface area (Å²) in [4.78, 5) is 0. The summed E-state index contributed by atoms with van der Waals surface area (Å²) in [7, 11) is 1.56. The lowest BCUT2D eigenvalue weighted by molar-refractivity contribution is 0.311. The van der Waals surface area contributed by atoms with Gasteiger partial charge in [0.25, 0.3) is 0 Å². The fourth-order valence-corrected chi connectivity index (χ4v) is 3.27. The first-order valence-electron chi connectivity index (χ1n) is 8.24. The number of hydrazone groups is 1. The average Bonchev–Trinajstić information content (AvgIpc) is 2.56. The molecule has 2 N–H and O–H groups in total. The van der Waals surface area contributed by atoms with Crippen molar-refractivity contribution >= 4 is 35.1 Å². The molecule has 1 saturated carbocycles. The molecule has 1 aliphatic rings. The van der Waals surface area contributed by atoms with Gasteiger partial charge in [0.2, 0.25) is 0 Å². The molecule has 0 spiro atoms. The number of benzene rings is 1. The van der Waals surface area contributed by atoms with Crippen LogP contribution in [0.5, 0.6) is 11.5 Å². The summed E-state index contributed by atoms with van der Waals surface area (Å²) in [6.07, 6.45) is 7.82. The fraction of sp³-hybridized carbons (Fsp3) is 0.529. The van der Waals surface area contributed by atoms with E-state index in [4.69, 9.17) is 33.3 Å². The topological polar surface area (TPSA) is 54.9 Å². The highest BCUT2D eigenvalue weighted by molar-refractivity contribution is 7.80. The van der Waals surface area contributed by atoms with Gasteiger partial charge in [-0.3, -0.25) is 5.43 Å². The van der Waals surface area contributed by atoms with E-state index >= 15 is 0 Å². The molecular weight excluding hydrogens is 346 g/mol. The molecule has 7 heteroatoms. The van der Waals surface area contributed by atoms with Crippen LogP contribution in [-0.4, -0.2) is 31.1 Å². The third-order valence-corrected chi connectivity index (χ3v) is 4.35. The fourth-order valence-electron chi connectivity index (χ4n) is 2.75. The zero-order valence-electron chi connectivity index (χ0n) is 14.1. The Balaban J connectivity index is 1.94. The highest BCUT2D eigenvalue weighted by atomic mass is 35.5. The van der Waals surface area contributed by atoms with E-state index in [0.717, 1.165) is 18.4 Å². The zero-order valence-corrected chi connectivity index (χ0v) is 15.7. The van der Waals surface area contributed by atoms with Crippen LogP contribution >= 0.6 is 23.8 Å². The van der Waals surface area contributed by atoms with Gasteiger partial charge in [-0.1, -0.05) is 30.9 Å². The maximum Gasteiger partial charge on any atom is 0.187 e. The van der Waals surface area contributed by atoms with Gasteiger partial charge < -0.3 is 14.8 Å². The Hall–Kier alpha value is -1.53. The number of hydrogen-bond donors (Lipinski definition) is 2. The molecule has 0 amide bonds. The summed E-state index contributed by atoms with van der Waals surface area (Å²) in [5, 5.41) is 8.50. The SMILES string of the molecule is CCOc1cc(/C=N\NC(=S)NC2CCCCC2)cc(Cl)c1OC. The van der Waals surface area contributed by atoms with Crippen molar-refractivity contribution in [2.45, 2.75) is 45.1 Å². The molecule has 132 valence electrons. The highest BCUT2D eigenvalue weighted by Crippen LogP contribution is 2.35. The summed E-state index contributed by atoms with van der Waals surface area (Å²) < 4.78 is 10.8. The number of methoxy groups -OCH3 is 1. The number of hydrogen-bond acceptors (Lipinski definition) is 4. The van der Waals surface area contributed by atoms with Crippen LogP contribution in [0.15, 0.2) is 17.2 Å². The van der Waals surface area contributed by atoms with Crippen molar-refractivity contribution in [3.63, 3.8) is 0 Å². The number of nitrogens with one attached hydrogen (secondary N) is 2. The molecule has 0 saturated heterocycles. The predicted molar refractivity (Wildman–Crippen MR) is 103 cm³/mol. The monoisotopic (exact) mass is 369 g/mol. The van der Waals surface area contributed by atoms with Gasteiger partial charge in [0, 0.05) is 6.04 Å². The van der Waals surface area contributed by atoms with Gasteiger partial charge in [-0.25, -0.2) is 0 Å². The second kappa shape index (κ2) is 9.69. The maximum absolute atomic E-state index is 6.22. The van der Waals surface area contributed by atoms with Gasteiger partial charge in [0.05, 0.1) is 25.0 Å². The lowest BCUT2D eigenvalue weighted by Gasteiger charge is -2.23. The second-order valence-corrected chi connectivity index (χ2v) is 6.46. The summed E-state index contributed by atoms with van der Waals surface area (Å²) >= 11 is 11.5. The van der Waals surface area contributed by atoms with E-state index in [2.05, 4.69) is 15.8 Å². The Morgan fingerprint density at radius 2 is 2.12 bits per heavy atom. The highest BCUT2D eigenvalue weighted by Gasteiger charge is 2.13. The van der Waals surface area contributed by atoms with Crippen LogP contribution in [0.25, 0.3) is 0 Å². The van der Waals surface area contributed by atoms with E-state index in [1.54, 1.807) is 19.4 Å². The third-order valence-electron chi connectivity index (χ3n) is 3.86. The van der Waals surface area contributed by atoms with Crippen LogP contribution in [0.3, 0.4) is 0 Å². The first-order chi connectivity index (χ1) is 11.6. The Labute approximate surface area is 153 Å². The Kier molecular flexibility index (Phi) is 7.59. The largest absolute Gasteiger partial charge is 0.491 e. The summed E-state index contributed by atoms with van der Waals surface area (Å²) in [6.45, 7) is 2.44. The normalized spacial score (nSPS) is 15.3. The van der Waals surface area contributed by atoms with Crippen LogP contribution < -0.4 is 20.2 Å². The number of halogens is 1. The molecule has 1 fully saturated rings. The molecule has 2 rings (SSSR count). The molecule has 0 unspecified atom stereocenters. The van der Waals surface area contributed by atoms with Crippen molar-refractivity contribution in [1.29, 1.82) is 0 Å². The van der Waals surface area contributed by atoms with Crippen LogP contribution in [0.4, 0.5) is 0 Å². The van der Waals surface area contributed by atoms with Gasteiger partial charge >= 0.3 is 0 Å². The Morgan fingerprint density at radius 1 is 1.38 bits per heavy atom. The molecule has 0 aliphatic heterocycles. The van der Waals surface area contributed by atoms with Crippen LogP contribution in [0.1, 0.15) is 44.6 Å². The van der Waals surface area contributed by atoms with Crippen molar-refractivity contribution in [2.75, 3.05) is 13.7 Å². The molecule has 5 nitrogen and oxygen atoms in total.